The fraction of sp³-hybridized carbons (Fsp3) is 0.455. The van der Waals surface area contributed by atoms with Crippen LogP contribution in [0, 0.1) is 0 Å². The van der Waals surface area contributed by atoms with Crippen LogP contribution in [0.15, 0.2) is 46.1 Å². The smallest absolute Gasteiger partial charge is 0.251 e. The van der Waals surface area contributed by atoms with Crippen molar-refractivity contribution in [3.05, 3.63) is 57.8 Å². The van der Waals surface area contributed by atoms with E-state index in [4.69, 9.17) is 0 Å². The van der Waals surface area contributed by atoms with Crippen molar-refractivity contribution >= 4 is 23.2 Å². The van der Waals surface area contributed by atoms with Crippen LogP contribution in [0.5, 0.6) is 0 Å². The summed E-state index contributed by atoms with van der Waals surface area (Å²) in [6.07, 6.45) is 0. The van der Waals surface area contributed by atoms with Crippen molar-refractivity contribution in [1.29, 1.82) is 0 Å². The number of nitrogens with zero attached hydrogens (tertiary/aromatic N) is 1. The van der Waals surface area contributed by atoms with E-state index in [1.54, 1.807) is 11.3 Å². The van der Waals surface area contributed by atoms with E-state index in [0.717, 1.165) is 24.6 Å². The van der Waals surface area contributed by atoms with Crippen LogP contribution < -0.4 is 16.0 Å². The third-order valence-corrected chi connectivity index (χ3v) is 4.83. The van der Waals surface area contributed by atoms with Crippen LogP contribution in [-0.4, -0.2) is 30.5 Å². The Morgan fingerprint density at radius 1 is 1.21 bits per heavy atom. The summed E-state index contributed by atoms with van der Waals surface area (Å²) in [4.78, 5) is 17.0. The van der Waals surface area contributed by atoms with Crippen LogP contribution in [0.1, 0.15) is 62.0 Å². The molecule has 3 N–H and O–H groups in total. The Kier molecular flexibility index (Phi) is 8.05. The number of benzene rings is 1. The molecule has 0 spiro atoms. The Morgan fingerprint density at radius 3 is 2.64 bits per heavy atom. The summed E-state index contributed by atoms with van der Waals surface area (Å²) in [5.74, 6) is 1.14. The molecule has 6 heteroatoms. The summed E-state index contributed by atoms with van der Waals surface area (Å²) in [6, 6.07) is 9.80. The fourth-order valence-electron chi connectivity index (χ4n) is 2.66. The first-order valence-electron chi connectivity index (χ1n) is 9.74. The van der Waals surface area contributed by atoms with Gasteiger partial charge in [0.05, 0.1) is 6.54 Å². The first-order chi connectivity index (χ1) is 13.3. The van der Waals surface area contributed by atoms with Gasteiger partial charge in [0.15, 0.2) is 5.96 Å². The predicted molar refractivity (Wildman–Crippen MR) is 119 cm³/mol. The standard InChI is InChI=1S/C22H32N4OS/c1-6-23-21(24-13-16(2)19-10-11-28-15-19)25-14-17-8-7-9-18(12-17)20(27)26-22(3,4)5/h7-12,15-16H,6,13-14H2,1-5H3,(H,26,27)(H2,23,24,25). The minimum atomic E-state index is -0.257. The van der Waals surface area contributed by atoms with Gasteiger partial charge in [-0.3, -0.25) is 4.79 Å². The average Bonchev–Trinajstić information content (AvgIpc) is 3.17. The molecule has 1 aromatic heterocycles. The molecule has 5 nitrogen and oxygen atoms in total. The van der Waals surface area contributed by atoms with Crippen LogP contribution >= 0.6 is 11.3 Å². The van der Waals surface area contributed by atoms with Gasteiger partial charge in [0.2, 0.25) is 0 Å². The normalized spacial score (nSPS) is 13.1. The largest absolute Gasteiger partial charge is 0.357 e. The Bertz CT molecular complexity index is 778. The highest BCUT2D eigenvalue weighted by Gasteiger charge is 2.15. The van der Waals surface area contributed by atoms with Gasteiger partial charge in [0.1, 0.15) is 0 Å². The maximum absolute atomic E-state index is 12.4. The first kappa shape index (κ1) is 22.0. The number of guanidine groups is 1. The first-order valence-corrected chi connectivity index (χ1v) is 10.7. The highest BCUT2D eigenvalue weighted by Crippen LogP contribution is 2.17. The van der Waals surface area contributed by atoms with Gasteiger partial charge < -0.3 is 16.0 Å². The molecular formula is C22H32N4OS. The predicted octanol–water partition coefficient (Wildman–Crippen LogP) is 4.14. The van der Waals surface area contributed by atoms with Gasteiger partial charge in [0, 0.05) is 24.2 Å². The number of hydrogen-bond donors (Lipinski definition) is 3. The number of carbonyl (C=O) groups excluding carboxylic acids is 1. The van der Waals surface area contributed by atoms with Crippen LogP contribution in [0.2, 0.25) is 0 Å². The van der Waals surface area contributed by atoms with Crippen LogP contribution in [0.25, 0.3) is 0 Å². The second-order valence-electron chi connectivity index (χ2n) is 7.94. The number of amides is 1. The van der Waals surface area contributed by atoms with Gasteiger partial charge in [-0.2, -0.15) is 11.3 Å². The van der Waals surface area contributed by atoms with Crippen molar-refractivity contribution in [1.82, 2.24) is 16.0 Å². The lowest BCUT2D eigenvalue weighted by Crippen LogP contribution is -2.40. The van der Waals surface area contributed by atoms with Crippen LogP contribution in [-0.2, 0) is 6.54 Å². The van der Waals surface area contributed by atoms with Crippen molar-refractivity contribution in [2.45, 2.75) is 52.6 Å². The molecule has 0 saturated heterocycles. The van der Waals surface area contributed by atoms with Crippen LogP contribution in [0.3, 0.4) is 0 Å². The van der Waals surface area contributed by atoms with E-state index in [9.17, 15) is 4.79 Å². The molecule has 0 fully saturated rings. The topological polar surface area (TPSA) is 65.5 Å². The maximum Gasteiger partial charge on any atom is 0.251 e. The number of nitrogens with one attached hydrogen (secondary N) is 3. The van der Waals surface area contributed by atoms with Crippen LogP contribution in [0.4, 0.5) is 0 Å². The molecule has 0 bridgehead atoms. The summed E-state index contributed by atoms with van der Waals surface area (Å²) in [5.41, 5.74) is 2.74. The third kappa shape index (κ3) is 7.35. The van der Waals surface area contributed by atoms with Crippen molar-refractivity contribution in [2.75, 3.05) is 13.1 Å². The molecule has 0 aliphatic carbocycles. The van der Waals surface area contributed by atoms with Gasteiger partial charge in [-0.15, -0.1) is 0 Å². The lowest BCUT2D eigenvalue weighted by molar-refractivity contribution is 0.0919. The summed E-state index contributed by atoms with van der Waals surface area (Å²) in [6.45, 7) is 12.3. The molecule has 1 amide bonds. The molecule has 0 aliphatic rings. The highest BCUT2D eigenvalue weighted by atomic mass is 32.1. The van der Waals surface area contributed by atoms with Gasteiger partial charge >= 0.3 is 0 Å². The third-order valence-electron chi connectivity index (χ3n) is 4.13. The number of carbonyl (C=O) groups is 1. The Labute approximate surface area is 172 Å². The maximum atomic E-state index is 12.4. The van der Waals surface area contributed by atoms with Crippen molar-refractivity contribution in [2.24, 2.45) is 4.99 Å². The summed E-state index contributed by atoms with van der Waals surface area (Å²) >= 11 is 1.72. The summed E-state index contributed by atoms with van der Waals surface area (Å²) < 4.78 is 0. The molecule has 2 aromatic rings. The van der Waals surface area contributed by atoms with E-state index in [-0.39, 0.29) is 11.4 Å². The summed E-state index contributed by atoms with van der Waals surface area (Å²) in [7, 11) is 0. The molecule has 152 valence electrons. The zero-order valence-electron chi connectivity index (χ0n) is 17.5. The Hall–Kier alpha value is -2.34. The van der Waals surface area contributed by atoms with E-state index >= 15 is 0 Å². The van der Waals surface area contributed by atoms with Gasteiger partial charge in [-0.1, -0.05) is 19.1 Å². The summed E-state index contributed by atoms with van der Waals surface area (Å²) in [5, 5.41) is 14.0. The quantitative estimate of drug-likeness (QED) is 0.483. The molecule has 0 aliphatic heterocycles. The monoisotopic (exact) mass is 400 g/mol. The molecule has 28 heavy (non-hydrogen) atoms. The van der Waals surface area contributed by atoms with E-state index in [0.29, 0.717) is 18.0 Å². The number of rotatable bonds is 7. The minimum absolute atomic E-state index is 0.0621. The number of aliphatic imine (C=N–C) groups is 1. The Balaban J connectivity index is 2.00. The zero-order valence-corrected chi connectivity index (χ0v) is 18.3. The molecule has 1 atom stereocenters. The Morgan fingerprint density at radius 2 is 2.00 bits per heavy atom. The highest BCUT2D eigenvalue weighted by molar-refractivity contribution is 7.07. The fourth-order valence-corrected chi connectivity index (χ4v) is 3.44. The molecule has 1 unspecified atom stereocenters. The lowest BCUT2D eigenvalue weighted by Gasteiger charge is -2.20. The SMILES string of the molecule is CCNC(=NCc1cccc(C(=O)NC(C)(C)C)c1)NCC(C)c1ccsc1. The number of hydrogen-bond acceptors (Lipinski definition) is 3. The molecule has 2 rings (SSSR count). The van der Waals surface area contributed by atoms with E-state index in [1.807, 2.05) is 45.0 Å². The molecule has 0 radical (unpaired) electrons. The molecule has 1 heterocycles. The van der Waals surface area contributed by atoms with E-state index in [2.05, 4.69) is 51.6 Å². The van der Waals surface area contributed by atoms with Crippen molar-refractivity contribution < 1.29 is 4.79 Å². The molecule has 0 saturated carbocycles. The van der Waals surface area contributed by atoms with Gasteiger partial charge in [0.25, 0.3) is 5.91 Å². The van der Waals surface area contributed by atoms with Crippen molar-refractivity contribution in [3.8, 4) is 0 Å². The van der Waals surface area contributed by atoms with Crippen molar-refractivity contribution in [3.63, 3.8) is 0 Å². The minimum Gasteiger partial charge on any atom is -0.357 e. The van der Waals surface area contributed by atoms with E-state index in [1.165, 1.54) is 5.56 Å². The van der Waals surface area contributed by atoms with Gasteiger partial charge in [-0.05, 0) is 73.7 Å². The lowest BCUT2D eigenvalue weighted by atomic mass is 10.1. The molecular weight excluding hydrogens is 368 g/mol. The van der Waals surface area contributed by atoms with E-state index < -0.39 is 0 Å². The zero-order chi connectivity index (χ0) is 20.6. The second-order valence-corrected chi connectivity index (χ2v) is 8.72. The average molecular weight is 401 g/mol. The molecule has 1 aromatic carbocycles. The van der Waals surface area contributed by atoms with Gasteiger partial charge in [-0.25, -0.2) is 4.99 Å². The second kappa shape index (κ2) is 10.3. The number of thiophene rings is 1.